The minimum absolute atomic E-state index is 0.0292. The van der Waals surface area contributed by atoms with E-state index in [-0.39, 0.29) is 108 Å². The molecule has 43 heteroatoms. The lowest BCUT2D eigenvalue weighted by atomic mass is 9.91. The number of carbonyl (C=O) groups excluding carboxylic acids is 8. The van der Waals surface area contributed by atoms with E-state index in [4.69, 9.17) is 39.9 Å². The highest BCUT2D eigenvalue weighted by Crippen LogP contribution is 2.43. The first-order chi connectivity index (χ1) is 60.7. The van der Waals surface area contributed by atoms with Crippen LogP contribution in [0, 0.1) is 29.2 Å². The van der Waals surface area contributed by atoms with Crippen LogP contribution in [0.2, 0.25) is 0 Å². The first-order valence-electron chi connectivity index (χ1n) is 43.7. The van der Waals surface area contributed by atoms with Crippen LogP contribution in [0.4, 0.5) is 27.2 Å². The number of fused-ring (bicyclic) bond motifs is 4. The predicted octanol–water partition coefficient (Wildman–Crippen LogP) is 5.64. The van der Waals surface area contributed by atoms with Crippen molar-refractivity contribution in [3.8, 4) is 23.0 Å². The minimum Gasteiger partial charge on any atom is -0.487 e. The van der Waals surface area contributed by atoms with Crippen molar-refractivity contribution in [3.05, 3.63) is 120 Å². The molecule has 0 saturated carbocycles. The van der Waals surface area contributed by atoms with Crippen molar-refractivity contribution in [2.24, 2.45) is 17.4 Å². The molecule has 8 heterocycles. The molecule has 5 N–H and O–H groups in total. The van der Waals surface area contributed by atoms with Gasteiger partial charge in [-0.3, -0.25) is 33.7 Å². The summed E-state index contributed by atoms with van der Waals surface area (Å²) in [5.74, 6) is -4.62. The number of likely N-dealkylation sites (tertiary alicyclic amines) is 4. The number of sulfonamides is 4. The van der Waals surface area contributed by atoms with E-state index in [0.29, 0.717) is 63.1 Å². The average Bonchev–Trinajstić information content (AvgIpc) is 1.60. The summed E-state index contributed by atoms with van der Waals surface area (Å²) < 4.78 is 199. The Morgan fingerprint density at radius 3 is 0.954 bits per heavy atom. The highest BCUT2D eigenvalue weighted by atomic mass is 32.2. The van der Waals surface area contributed by atoms with E-state index in [1.54, 1.807) is 51.3 Å². The van der Waals surface area contributed by atoms with E-state index in [1.165, 1.54) is 152 Å². The molecule has 0 radical (unpaired) electrons. The van der Waals surface area contributed by atoms with Crippen LogP contribution >= 0.6 is 0 Å². The van der Waals surface area contributed by atoms with Gasteiger partial charge in [-0.1, -0.05) is 25.7 Å². The molecule has 130 heavy (non-hydrogen) atoms. The fourth-order valence-corrected chi connectivity index (χ4v) is 23.4. The summed E-state index contributed by atoms with van der Waals surface area (Å²) in [5.41, 5.74) is 11.0. The maximum absolute atomic E-state index is 15.1. The Kier molecular flexibility index (Phi) is 32.1. The zero-order valence-electron chi connectivity index (χ0n) is 75.7. The Bertz CT molecular complexity index is 4890. The Morgan fingerprint density at radius 2 is 0.669 bits per heavy atom. The van der Waals surface area contributed by atoms with Crippen LogP contribution in [0.3, 0.4) is 0 Å². The van der Waals surface area contributed by atoms with Gasteiger partial charge in [-0.05, 0) is 204 Å². The van der Waals surface area contributed by atoms with Crippen LogP contribution in [0.25, 0.3) is 0 Å². The molecule has 0 aromatic heterocycles. The second-order valence-corrected chi connectivity index (χ2v) is 44.8. The summed E-state index contributed by atoms with van der Waals surface area (Å²) in [7, 11) is -12.0. The molecule has 4 aromatic rings. The zero-order valence-corrected chi connectivity index (χ0v) is 79.0. The van der Waals surface area contributed by atoms with Crippen molar-refractivity contribution in [1.82, 2.24) is 51.9 Å². The number of hydrogen-bond acceptors (Lipinski definition) is 24. The molecule has 12 rings (SSSR count). The number of nitrogens with zero attached hydrogens (tertiary/aromatic N) is 10. The fourth-order valence-electron chi connectivity index (χ4n) is 18.9. The normalized spacial score (nSPS) is 25.1. The van der Waals surface area contributed by atoms with E-state index in [1.807, 2.05) is 0 Å². The second kappa shape index (κ2) is 41.2. The van der Waals surface area contributed by atoms with Gasteiger partial charge in [0.2, 0.25) is 69.6 Å². The average molecular weight is 1910 g/mol. The van der Waals surface area contributed by atoms with E-state index in [0.717, 1.165) is 34.8 Å². The van der Waals surface area contributed by atoms with Crippen LogP contribution in [-0.2, 0) is 78.3 Å². The third-order valence-corrected chi connectivity index (χ3v) is 30.4. The SMILES string of the molecule is CS(=O)(=O)N1C[C@H](Oc2ccc(F)cc2)[C@@H]2[C@H]1CCN2C(=O)[C@@H](N)CCCC[C@H](N)C(=O)N1CC[C@@H]2[C@H]1[C@@H](Oc1ccc(F)cc1)CN2S(C)(=O)=O.C[C@@H](C(=O)C[C@@H](CCCC[C@H](NC(=O)[C@H](C)N(C)C(=O)OC(C)(C)C)C(=O)N1CC[C@@H]2[C@H]1[C@@H](Oc1ccc(F)cc1)CN2S(C)(=O)=O)C(=O)N1CC[C@@H]2[C@H]1[C@@H](Oc1ccc(F)cc1)CN2S(C)(=O)=O)N(C)C(=O)OC(C)(C)C. The predicted molar refractivity (Wildman–Crippen MR) is 470 cm³/mol. The van der Waals surface area contributed by atoms with Crippen LogP contribution in [0.1, 0.15) is 139 Å². The van der Waals surface area contributed by atoms with E-state index >= 15 is 9.59 Å². The van der Waals surface area contributed by atoms with Gasteiger partial charge in [0.05, 0.1) is 118 Å². The number of unbranched alkanes of at least 4 members (excludes halogenated alkanes) is 2. The Hall–Kier alpha value is -9.08. The number of nitrogens with two attached hydrogens (primary N) is 2. The summed E-state index contributed by atoms with van der Waals surface area (Å²) in [6.45, 7) is 13.7. The van der Waals surface area contributed by atoms with Gasteiger partial charge in [0.25, 0.3) is 0 Å². The molecule has 8 saturated heterocycles. The number of carbonyl (C=O) groups is 8. The largest absolute Gasteiger partial charge is 0.487 e. The monoisotopic (exact) mass is 1910 g/mol. The number of halogens is 4. The summed E-state index contributed by atoms with van der Waals surface area (Å²) in [6, 6.07) is 10.8. The molecule has 4 aromatic carbocycles. The van der Waals surface area contributed by atoms with E-state index < -0.39 is 219 Å². The van der Waals surface area contributed by atoms with Gasteiger partial charge < -0.3 is 69.7 Å². The van der Waals surface area contributed by atoms with Crippen molar-refractivity contribution in [1.29, 1.82) is 0 Å². The van der Waals surface area contributed by atoms with Crippen molar-refractivity contribution in [3.63, 3.8) is 0 Å². The highest BCUT2D eigenvalue weighted by molar-refractivity contribution is 7.89. The van der Waals surface area contributed by atoms with Crippen molar-refractivity contribution in [2.75, 3.05) is 91.5 Å². The van der Waals surface area contributed by atoms with Crippen LogP contribution in [0.15, 0.2) is 97.1 Å². The molecule has 35 nitrogen and oxygen atoms in total. The van der Waals surface area contributed by atoms with Gasteiger partial charge in [0.15, 0.2) is 5.78 Å². The fraction of sp³-hybridized carbons (Fsp3) is 0.632. The second-order valence-electron chi connectivity index (χ2n) is 37.0. The number of amides is 7. The molecule has 8 fully saturated rings. The number of hydrogen-bond donors (Lipinski definition) is 3. The first-order valence-corrected chi connectivity index (χ1v) is 51.1. The molecular weight excluding hydrogens is 1780 g/mol. The molecular formula is C87H123F4N13O22S4. The van der Waals surface area contributed by atoms with Gasteiger partial charge in [0, 0.05) is 52.6 Å². The summed E-state index contributed by atoms with van der Waals surface area (Å²) in [5, 5.41) is 2.83. The van der Waals surface area contributed by atoms with Crippen LogP contribution in [0.5, 0.6) is 23.0 Å². The Balaban J connectivity index is 0.000000271. The lowest BCUT2D eigenvalue weighted by Crippen LogP contribution is -2.56. The van der Waals surface area contributed by atoms with Crippen molar-refractivity contribution in [2.45, 2.75) is 253 Å². The van der Waals surface area contributed by atoms with Gasteiger partial charge in [-0.15, -0.1) is 0 Å². The number of rotatable bonds is 33. The van der Waals surface area contributed by atoms with Crippen molar-refractivity contribution >= 4 is 87.6 Å². The maximum atomic E-state index is 15.1. The molecule has 18 atom stereocenters. The molecule has 0 spiro atoms. The van der Waals surface area contributed by atoms with Gasteiger partial charge in [-0.25, -0.2) is 60.8 Å². The van der Waals surface area contributed by atoms with Crippen LogP contribution in [-0.4, -0.2) is 333 Å². The van der Waals surface area contributed by atoms with E-state index in [9.17, 15) is 80.0 Å². The number of ketones is 1. The number of ether oxygens (including phenoxy) is 6. The van der Waals surface area contributed by atoms with E-state index in [2.05, 4.69) is 5.32 Å². The Morgan fingerprint density at radius 1 is 0.408 bits per heavy atom. The molecule has 0 aliphatic carbocycles. The molecule has 0 unspecified atom stereocenters. The van der Waals surface area contributed by atoms with Crippen LogP contribution < -0.4 is 35.7 Å². The third kappa shape index (κ3) is 24.7. The summed E-state index contributed by atoms with van der Waals surface area (Å²) in [4.78, 5) is 121. The lowest BCUT2D eigenvalue weighted by molar-refractivity contribution is -0.141. The number of likely N-dealkylation sites (N-methyl/N-ethyl adjacent to an activating group) is 2. The zero-order chi connectivity index (χ0) is 95.5. The molecule has 720 valence electrons. The topological polar surface area (TPSA) is 425 Å². The quantitative estimate of drug-likeness (QED) is 0.0383. The lowest BCUT2D eigenvalue weighted by Gasteiger charge is -2.33. The van der Waals surface area contributed by atoms with Gasteiger partial charge in [-0.2, -0.15) is 17.2 Å². The minimum atomic E-state index is -3.81. The first kappa shape index (κ1) is 101. The molecule has 0 bridgehead atoms. The summed E-state index contributed by atoms with van der Waals surface area (Å²) in [6.07, 6.45) is 2.67. The number of Topliss-reactive ketones (excluding diaryl/α,β-unsaturated/α-hetero) is 1. The van der Waals surface area contributed by atoms with Gasteiger partial charge >= 0.3 is 12.2 Å². The third-order valence-electron chi connectivity index (χ3n) is 25.4. The van der Waals surface area contributed by atoms with Gasteiger partial charge in [0.1, 0.15) is 94.0 Å². The smallest absolute Gasteiger partial charge is 0.410 e. The molecule has 8 aliphatic heterocycles. The number of nitrogens with one attached hydrogen (secondary N) is 1. The standard InChI is InChI=1S/C53H77F2N7O14S2.C34H46F2N6O8S2/c1-32(57(9)50(67)75-52(3,4)5)42(63)29-34(48(65)59-27-25-40-45(59)43(30-61(40)77(11,69)70)73-37-21-17-35(54)18-22-37)15-13-14-16-39(56-47(64)33(2)58(10)51(68)76-53(6,7)8)49(66)60-28-26-41-46(60)44(31-62(41)78(12,71)72)74-38-23-19-36(55)20-24-38;1-51(45,46)41-19-29(49-23-11-7-21(35)8-12-23)31-27(41)15-17-39(31)33(43)25(37)5-3-4-6-26(38)34(44)40-18-16-28-32(40)30(20-42(28)52(2,47)48)50-24-13-9-22(36)10-14-24/h17-24,32-34,39-41,43-46H,13-16,25-31H2,1-12H3,(H,56,64);7-14,25-32H,3-6,15-20,37-38H2,1-2H3/t32-,33-,34+,39-,40+,41+,43-,44-,45-,46-;25-,26-,27+,28+,29-,30-,31-,32-/m00/s1. The highest BCUT2D eigenvalue weighted by Gasteiger charge is 2.60. The Labute approximate surface area is 758 Å². The van der Waals surface area contributed by atoms with Crippen molar-refractivity contribution < 1.29 is 118 Å². The maximum Gasteiger partial charge on any atom is 0.410 e. The molecule has 7 amide bonds. The summed E-state index contributed by atoms with van der Waals surface area (Å²) >= 11 is 0. The number of benzene rings is 4. The molecule has 8 aliphatic rings.